The standard InChI is InChI=1S/C17H19N3O4/c1-2-20-15(21)12-4-3-10(7-13(12)18-17(20)23)16(22)24-14-9-19-6-5-11(14)8-19/h3-4,7,11,14H,2,5-6,8-9H2,1H3,(H,18,23). The Labute approximate surface area is 137 Å². The van der Waals surface area contributed by atoms with Gasteiger partial charge in [-0.25, -0.2) is 9.59 Å². The molecule has 3 heterocycles. The molecule has 1 aromatic carbocycles. The quantitative estimate of drug-likeness (QED) is 0.832. The Hall–Kier alpha value is -2.41. The summed E-state index contributed by atoms with van der Waals surface area (Å²) in [5.74, 6) is 0.0159. The van der Waals surface area contributed by atoms with Crippen molar-refractivity contribution < 1.29 is 9.53 Å². The number of piperidine rings is 1. The number of esters is 1. The highest BCUT2D eigenvalue weighted by molar-refractivity contribution is 5.94. The number of benzene rings is 1. The monoisotopic (exact) mass is 329 g/mol. The molecule has 3 atom stereocenters. The van der Waals surface area contributed by atoms with Crippen LogP contribution in [0.4, 0.5) is 0 Å². The van der Waals surface area contributed by atoms with Crippen LogP contribution in [0, 0.1) is 5.92 Å². The van der Waals surface area contributed by atoms with Crippen LogP contribution in [-0.2, 0) is 11.3 Å². The highest BCUT2D eigenvalue weighted by atomic mass is 16.5. The predicted molar refractivity (Wildman–Crippen MR) is 88.3 cm³/mol. The summed E-state index contributed by atoms with van der Waals surface area (Å²) < 4.78 is 6.76. The number of H-pyrrole nitrogens is 1. The Morgan fingerprint density at radius 1 is 1.33 bits per heavy atom. The first-order valence-corrected chi connectivity index (χ1v) is 8.27. The first kappa shape index (κ1) is 15.1. The Morgan fingerprint density at radius 3 is 2.83 bits per heavy atom. The molecule has 0 aliphatic carbocycles. The maximum Gasteiger partial charge on any atom is 0.338 e. The van der Waals surface area contributed by atoms with E-state index >= 15 is 0 Å². The molecular formula is C17H19N3O4. The third-order valence-corrected chi connectivity index (χ3v) is 5.06. The summed E-state index contributed by atoms with van der Waals surface area (Å²) in [7, 11) is 0. The van der Waals surface area contributed by atoms with Crippen molar-refractivity contribution >= 4 is 16.9 Å². The summed E-state index contributed by atoms with van der Waals surface area (Å²) >= 11 is 0. The minimum absolute atomic E-state index is 0.0610. The molecule has 7 nitrogen and oxygen atoms in total. The number of rotatable bonds is 3. The number of fused-ring (bicyclic) bond motifs is 3. The lowest BCUT2D eigenvalue weighted by Gasteiger charge is -2.22. The van der Waals surface area contributed by atoms with Crippen molar-refractivity contribution in [2.45, 2.75) is 26.0 Å². The Kier molecular flexibility index (Phi) is 3.53. The number of nitrogens with one attached hydrogen (secondary N) is 1. The SMILES string of the molecule is CCn1c(=O)[nH]c2cc(C(=O)OC3CN4CCC3C4)ccc2c1=O. The third-order valence-electron chi connectivity index (χ3n) is 5.06. The lowest BCUT2D eigenvalue weighted by atomic mass is 10.0. The molecule has 2 aromatic rings. The summed E-state index contributed by atoms with van der Waals surface area (Å²) in [6, 6.07) is 4.67. The van der Waals surface area contributed by atoms with Gasteiger partial charge in [0.1, 0.15) is 6.10 Å². The third kappa shape index (κ3) is 2.36. The molecule has 1 N–H and O–H groups in total. The summed E-state index contributed by atoms with van der Waals surface area (Å²) in [5, 5.41) is 0.388. The topological polar surface area (TPSA) is 84.4 Å². The van der Waals surface area contributed by atoms with Crippen LogP contribution >= 0.6 is 0 Å². The number of hydrogen-bond acceptors (Lipinski definition) is 5. The van der Waals surface area contributed by atoms with Crippen molar-refractivity contribution in [3.63, 3.8) is 0 Å². The predicted octanol–water partition coefficient (Wildman–Crippen LogP) is 0.571. The number of hydrogen-bond donors (Lipinski definition) is 1. The smallest absolute Gasteiger partial charge is 0.338 e. The second-order valence-electron chi connectivity index (χ2n) is 6.49. The van der Waals surface area contributed by atoms with Crippen LogP contribution in [0.25, 0.3) is 10.9 Å². The summed E-state index contributed by atoms with van der Waals surface area (Å²) in [6.07, 6.45) is 1.01. The van der Waals surface area contributed by atoms with E-state index in [1.165, 1.54) is 6.07 Å². The van der Waals surface area contributed by atoms with E-state index in [1.54, 1.807) is 19.1 Å². The number of aromatic amines is 1. The molecule has 4 rings (SSSR count). The molecule has 0 saturated carbocycles. The molecular weight excluding hydrogens is 310 g/mol. The van der Waals surface area contributed by atoms with E-state index in [2.05, 4.69) is 9.88 Å². The van der Waals surface area contributed by atoms with Gasteiger partial charge in [0.2, 0.25) is 0 Å². The highest BCUT2D eigenvalue weighted by Gasteiger charge is 2.40. The van der Waals surface area contributed by atoms with Gasteiger partial charge >= 0.3 is 11.7 Å². The summed E-state index contributed by atoms with van der Waals surface area (Å²) in [5.41, 5.74) is -0.107. The largest absolute Gasteiger partial charge is 0.457 e. The van der Waals surface area contributed by atoms with Crippen molar-refractivity contribution in [1.29, 1.82) is 0 Å². The molecule has 2 bridgehead atoms. The fraction of sp³-hybridized carbons (Fsp3) is 0.471. The van der Waals surface area contributed by atoms with Crippen molar-refractivity contribution in [1.82, 2.24) is 14.5 Å². The number of ether oxygens (including phenoxy) is 1. The first-order valence-electron chi connectivity index (χ1n) is 8.27. The molecule has 0 spiro atoms. The molecule has 1 aromatic heterocycles. The van der Waals surface area contributed by atoms with Crippen LogP contribution in [-0.4, -0.2) is 46.2 Å². The van der Waals surface area contributed by atoms with Crippen LogP contribution < -0.4 is 11.2 Å². The number of aromatic nitrogens is 2. The molecule has 7 heteroatoms. The van der Waals surface area contributed by atoms with Gasteiger partial charge in [-0.3, -0.25) is 14.3 Å². The molecule has 0 amide bonds. The van der Waals surface area contributed by atoms with Gasteiger partial charge in [0, 0.05) is 25.6 Å². The first-order chi connectivity index (χ1) is 11.6. The maximum atomic E-state index is 12.4. The zero-order valence-corrected chi connectivity index (χ0v) is 13.4. The van der Waals surface area contributed by atoms with E-state index < -0.39 is 11.7 Å². The van der Waals surface area contributed by atoms with E-state index in [0.717, 1.165) is 30.6 Å². The fourth-order valence-electron chi connectivity index (χ4n) is 3.74. The minimum atomic E-state index is -0.471. The Bertz CT molecular complexity index is 930. The molecule has 2 fully saturated rings. The highest BCUT2D eigenvalue weighted by Crippen LogP contribution is 2.30. The fourth-order valence-corrected chi connectivity index (χ4v) is 3.74. The molecule has 2 saturated heterocycles. The minimum Gasteiger partial charge on any atom is -0.457 e. The van der Waals surface area contributed by atoms with E-state index in [4.69, 9.17) is 4.74 Å². The van der Waals surface area contributed by atoms with E-state index in [9.17, 15) is 14.4 Å². The van der Waals surface area contributed by atoms with Gasteiger partial charge in [0.25, 0.3) is 5.56 Å². The van der Waals surface area contributed by atoms with Gasteiger partial charge in [-0.15, -0.1) is 0 Å². The zero-order chi connectivity index (χ0) is 16.8. The van der Waals surface area contributed by atoms with Crippen LogP contribution in [0.5, 0.6) is 0 Å². The molecule has 2 aliphatic heterocycles. The summed E-state index contributed by atoms with van der Waals surface area (Å²) in [4.78, 5) is 41.5. The number of nitrogens with zero attached hydrogens (tertiary/aromatic N) is 2. The average Bonchev–Trinajstić information content (AvgIpc) is 3.17. The van der Waals surface area contributed by atoms with Gasteiger partial charge in [-0.2, -0.15) is 0 Å². The lowest BCUT2D eigenvalue weighted by Crippen LogP contribution is -2.34. The van der Waals surface area contributed by atoms with Gasteiger partial charge in [-0.05, 0) is 38.1 Å². The maximum absolute atomic E-state index is 12.4. The van der Waals surface area contributed by atoms with Gasteiger partial charge < -0.3 is 9.72 Å². The number of carbonyl (C=O) groups is 1. The summed E-state index contributed by atoms with van der Waals surface area (Å²) in [6.45, 7) is 4.91. The molecule has 0 radical (unpaired) electrons. The lowest BCUT2D eigenvalue weighted by molar-refractivity contribution is 0.0182. The van der Waals surface area contributed by atoms with E-state index in [0.29, 0.717) is 28.9 Å². The van der Waals surface area contributed by atoms with Crippen molar-refractivity contribution in [2.24, 2.45) is 5.92 Å². The van der Waals surface area contributed by atoms with Crippen molar-refractivity contribution in [3.05, 3.63) is 44.6 Å². The zero-order valence-electron chi connectivity index (χ0n) is 13.4. The molecule has 126 valence electrons. The van der Waals surface area contributed by atoms with Gasteiger partial charge in [0.05, 0.1) is 16.5 Å². The van der Waals surface area contributed by atoms with E-state index in [1.807, 2.05) is 0 Å². The van der Waals surface area contributed by atoms with Crippen LogP contribution in [0.2, 0.25) is 0 Å². The molecule has 24 heavy (non-hydrogen) atoms. The average molecular weight is 329 g/mol. The normalized spacial score (nSPS) is 25.3. The van der Waals surface area contributed by atoms with Gasteiger partial charge in [-0.1, -0.05) is 0 Å². The van der Waals surface area contributed by atoms with Crippen LogP contribution in [0.1, 0.15) is 23.7 Å². The Balaban J connectivity index is 1.64. The van der Waals surface area contributed by atoms with Crippen molar-refractivity contribution in [3.8, 4) is 0 Å². The Morgan fingerprint density at radius 2 is 2.17 bits per heavy atom. The molecule has 2 aliphatic rings. The second-order valence-corrected chi connectivity index (χ2v) is 6.49. The second kappa shape index (κ2) is 5.59. The van der Waals surface area contributed by atoms with Crippen molar-refractivity contribution in [2.75, 3.05) is 19.6 Å². The van der Waals surface area contributed by atoms with Gasteiger partial charge in [0.15, 0.2) is 0 Å². The van der Waals surface area contributed by atoms with Crippen LogP contribution in [0.15, 0.2) is 27.8 Å². The molecule has 3 unspecified atom stereocenters. The number of carbonyl (C=O) groups excluding carboxylic acids is 1. The van der Waals surface area contributed by atoms with Crippen LogP contribution in [0.3, 0.4) is 0 Å². The van der Waals surface area contributed by atoms with E-state index in [-0.39, 0.29) is 11.7 Å².